The van der Waals surface area contributed by atoms with Crippen molar-refractivity contribution in [2.75, 3.05) is 38.2 Å². The Balaban J connectivity index is 1.69. The molecular weight excluding hydrogens is 594 g/mol. The lowest BCUT2D eigenvalue weighted by atomic mass is 9.86. The van der Waals surface area contributed by atoms with Gasteiger partial charge in [0.2, 0.25) is 17.5 Å². The highest BCUT2D eigenvalue weighted by Gasteiger charge is 2.34. The fourth-order valence-corrected chi connectivity index (χ4v) is 4.35. The number of carboxylic acid groups (broad SMARTS) is 1. The van der Waals surface area contributed by atoms with E-state index in [4.69, 9.17) is 4.74 Å². The van der Waals surface area contributed by atoms with Crippen molar-refractivity contribution in [3.63, 3.8) is 0 Å². The number of nitrogens with zero attached hydrogens (tertiary/aromatic N) is 1. The Morgan fingerprint density at radius 3 is 2.32 bits per heavy atom. The van der Waals surface area contributed by atoms with E-state index in [2.05, 4.69) is 15.4 Å². The monoisotopic (exact) mass is 625 g/mol. The van der Waals surface area contributed by atoms with Gasteiger partial charge in [-0.05, 0) is 17.0 Å². The summed E-state index contributed by atoms with van der Waals surface area (Å²) in [5.74, 6) is -15.7. The van der Waals surface area contributed by atoms with Crippen LogP contribution in [0.5, 0.6) is 5.75 Å². The molecule has 0 aliphatic carbocycles. The van der Waals surface area contributed by atoms with E-state index in [1.807, 2.05) is 26.8 Å². The third-order valence-electron chi connectivity index (χ3n) is 6.62. The zero-order chi connectivity index (χ0) is 32.8. The molecule has 1 aliphatic heterocycles. The van der Waals surface area contributed by atoms with E-state index in [-0.39, 0.29) is 37.8 Å². The van der Waals surface area contributed by atoms with Crippen molar-refractivity contribution in [2.24, 2.45) is 5.92 Å². The van der Waals surface area contributed by atoms with Gasteiger partial charge in [0.15, 0.2) is 23.2 Å². The number of anilines is 1. The van der Waals surface area contributed by atoms with Crippen molar-refractivity contribution >= 4 is 35.2 Å². The van der Waals surface area contributed by atoms with Gasteiger partial charge >= 0.3 is 17.8 Å². The van der Waals surface area contributed by atoms with Crippen molar-refractivity contribution in [1.82, 2.24) is 10.2 Å². The van der Waals surface area contributed by atoms with Crippen LogP contribution in [0, 0.1) is 29.2 Å². The first-order valence-electron chi connectivity index (χ1n) is 13.4. The topological polar surface area (TPSA) is 151 Å². The minimum absolute atomic E-state index is 0.0337. The summed E-state index contributed by atoms with van der Waals surface area (Å²) in [6.45, 7) is 3.87. The Bertz CT molecular complexity index is 1420. The highest BCUT2D eigenvalue weighted by molar-refractivity contribution is 6.39. The molecule has 2 atom stereocenters. The van der Waals surface area contributed by atoms with Crippen LogP contribution < -0.4 is 15.4 Å². The molecule has 1 fully saturated rings. The van der Waals surface area contributed by atoms with Crippen LogP contribution in [0.25, 0.3) is 0 Å². The van der Waals surface area contributed by atoms with Gasteiger partial charge in [0.1, 0.15) is 12.6 Å². The van der Waals surface area contributed by atoms with Crippen LogP contribution in [0.3, 0.4) is 0 Å². The van der Waals surface area contributed by atoms with E-state index in [1.165, 1.54) is 0 Å². The summed E-state index contributed by atoms with van der Waals surface area (Å²) in [7, 11) is 0. The average Bonchev–Trinajstić information content (AvgIpc) is 3.21. The number of Topliss-reactive ketones (excluding diaryl/α,β-unsaturated/α-hetero) is 1. The SMILES string of the molecule is CC(C)(C)c1ccccc1NC(=O)C(=O)N1CCOC[C@@H](C(=O)N[C@@H](CC(=O)O)C(=O)COc2c(F)c(F)cc(F)c2F)C1. The number of rotatable bonds is 9. The first kappa shape index (κ1) is 34.0. The van der Waals surface area contributed by atoms with Gasteiger partial charge in [-0.15, -0.1) is 0 Å². The number of ether oxygens (including phenoxy) is 2. The number of para-hydroxylation sites is 1. The van der Waals surface area contributed by atoms with E-state index >= 15 is 0 Å². The molecule has 2 aromatic carbocycles. The average molecular weight is 626 g/mol. The number of hydrogen-bond donors (Lipinski definition) is 3. The Morgan fingerprint density at radius 1 is 1.07 bits per heavy atom. The van der Waals surface area contributed by atoms with Crippen LogP contribution in [0.2, 0.25) is 0 Å². The van der Waals surface area contributed by atoms with Crippen molar-refractivity contribution in [3.8, 4) is 5.75 Å². The van der Waals surface area contributed by atoms with Crippen molar-refractivity contribution in [3.05, 3.63) is 59.2 Å². The molecule has 11 nitrogen and oxygen atoms in total. The number of carboxylic acids is 1. The molecular formula is C29H31F4N3O8. The number of amides is 3. The van der Waals surface area contributed by atoms with Gasteiger partial charge in [-0.2, -0.15) is 8.78 Å². The molecule has 44 heavy (non-hydrogen) atoms. The van der Waals surface area contributed by atoms with Crippen molar-refractivity contribution < 1.29 is 56.1 Å². The lowest BCUT2D eigenvalue weighted by Crippen LogP contribution is -2.50. The molecule has 3 amide bonds. The van der Waals surface area contributed by atoms with Gasteiger partial charge < -0.3 is 30.1 Å². The highest BCUT2D eigenvalue weighted by Crippen LogP contribution is 2.29. The van der Waals surface area contributed by atoms with Gasteiger partial charge in [-0.3, -0.25) is 24.0 Å². The Morgan fingerprint density at radius 2 is 1.70 bits per heavy atom. The van der Waals surface area contributed by atoms with Crippen LogP contribution in [0.4, 0.5) is 23.2 Å². The number of benzene rings is 2. The van der Waals surface area contributed by atoms with E-state index in [0.717, 1.165) is 10.5 Å². The Hall–Kier alpha value is -4.53. The van der Waals surface area contributed by atoms with Crippen LogP contribution in [0.1, 0.15) is 32.8 Å². The molecule has 0 aromatic heterocycles. The second-order valence-corrected chi connectivity index (χ2v) is 11.0. The fourth-order valence-electron chi connectivity index (χ4n) is 4.35. The third-order valence-corrected chi connectivity index (χ3v) is 6.62. The normalized spacial score (nSPS) is 16.0. The standard InChI is InChI=1S/C29H31F4N3O8/c1-29(2,3)16-6-4-5-7-19(16)34-27(41)28(42)36-8-9-43-13-15(12-36)26(40)35-20(11-22(38)39)21(37)14-44-25-23(32)17(30)10-18(31)24(25)33/h4-7,10,15,20H,8-9,11-14H2,1-3H3,(H,34,41)(H,35,40)(H,38,39)/t15-,20-/m0/s1. The van der Waals surface area contributed by atoms with Crippen LogP contribution in [-0.2, 0) is 34.1 Å². The maximum absolute atomic E-state index is 13.9. The number of carbonyl (C=O) groups is 5. The quantitative estimate of drug-likeness (QED) is 0.219. The molecule has 1 saturated heterocycles. The first-order valence-corrected chi connectivity index (χ1v) is 13.4. The summed E-state index contributed by atoms with van der Waals surface area (Å²) in [6, 6.07) is 5.07. The molecule has 0 radical (unpaired) electrons. The fraction of sp³-hybridized carbons (Fsp3) is 0.414. The van der Waals surface area contributed by atoms with Gasteiger partial charge in [0.05, 0.1) is 25.6 Å². The molecule has 3 N–H and O–H groups in total. The molecule has 0 unspecified atom stereocenters. The van der Waals surface area contributed by atoms with Crippen LogP contribution in [0.15, 0.2) is 30.3 Å². The number of nitrogens with one attached hydrogen (secondary N) is 2. The van der Waals surface area contributed by atoms with E-state index in [0.29, 0.717) is 5.69 Å². The van der Waals surface area contributed by atoms with Gasteiger partial charge in [-0.25, -0.2) is 8.78 Å². The molecule has 3 rings (SSSR count). The molecule has 0 spiro atoms. The van der Waals surface area contributed by atoms with Crippen LogP contribution in [-0.4, -0.2) is 78.4 Å². The lowest BCUT2D eigenvalue weighted by Gasteiger charge is -2.25. The summed E-state index contributed by atoms with van der Waals surface area (Å²) in [5, 5.41) is 14.0. The van der Waals surface area contributed by atoms with Crippen LogP contribution >= 0.6 is 0 Å². The summed E-state index contributed by atoms with van der Waals surface area (Å²) in [4.78, 5) is 64.1. The minimum Gasteiger partial charge on any atom is -0.481 e. The van der Waals surface area contributed by atoms with Crippen molar-refractivity contribution in [1.29, 1.82) is 0 Å². The number of hydrogen-bond acceptors (Lipinski definition) is 7. The molecule has 238 valence electrons. The predicted octanol–water partition coefficient (Wildman–Crippen LogP) is 2.56. The highest BCUT2D eigenvalue weighted by atomic mass is 19.2. The Kier molecular flexibility index (Phi) is 11.0. The maximum atomic E-state index is 13.9. The number of carbonyl (C=O) groups excluding carboxylic acids is 4. The molecule has 0 bridgehead atoms. The summed E-state index contributed by atoms with van der Waals surface area (Å²) < 4.78 is 64.7. The first-order chi connectivity index (χ1) is 20.6. The Labute approximate surface area is 249 Å². The molecule has 1 aliphatic rings. The second-order valence-electron chi connectivity index (χ2n) is 11.0. The number of aliphatic carboxylic acids is 1. The zero-order valence-corrected chi connectivity index (χ0v) is 24.0. The molecule has 2 aromatic rings. The van der Waals surface area contributed by atoms with Gasteiger partial charge in [-0.1, -0.05) is 39.0 Å². The van der Waals surface area contributed by atoms with E-state index < -0.39 is 83.5 Å². The smallest absolute Gasteiger partial charge is 0.313 e. The minimum atomic E-state index is -1.91. The lowest BCUT2D eigenvalue weighted by molar-refractivity contribution is -0.144. The second kappa shape index (κ2) is 14.3. The predicted molar refractivity (Wildman–Crippen MR) is 146 cm³/mol. The van der Waals surface area contributed by atoms with Gasteiger partial charge in [0, 0.05) is 24.8 Å². The number of halogens is 4. The molecule has 0 saturated carbocycles. The van der Waals surface area contributed by atoms with Crippen molar-refractivity contribution in [2.45, 2.75) is 38.6 Å². The summed E-state index contributed by atoms with van der Waals surface area (Å²) in [6.07, 6.45) is -0.984. The molecule has 15 heteroatoms. The largest absolute Gasteiger partial charge is 0.481 e. The summed E-state index contributed by atoms with van der Waals surface area (Å²) >= 11 is 0. The zero-order valence-electron chi connectivity index (χ0n) is 24.0. The molecule has 1 heterocycles. The van der Waals surface area contributed by atoms with Gasteiger partial charge in [0.25, 0.3) is 0 Å². The van der Waals surface area contributed by atoms with E-state index in [9.17, 15) is 46.6 Å². The van der Waals surface area contributed by atoms with E-state index in [1.54, 1.807) is 18.2 Å². The number of ketones is 1. The maximum Gasteiger partial charge on any atom is 0.313 e. The third kappa shape index (κ3) is 8.52. The summed E-state index contributed by atoms with van der Waals surface area (Å²) in [5.41, 5.74) is 0.859.